The van der Waals surface area contributed by atoms with Gasteiger partial charge in [0.1, 0.15) is 5.58 Å². The van der Waals surface area contributed by atoms with Crippen LogP contribution in [0.2, 0.25) is 0 Å². The smallest absolute Gasteiger partial charge is 0.288 e. The molecule has 4 rings (SSSR count). The van der Waals surface area contributed by atoms with Crippen molar-refractivity contribution in [1.29, 1.82) is 0 Å². The van der Waals surface area contributed by atoms with Gasteiger partial charge in [0.05, 0.1) is 51.3 Å². The molecular weight excluding hydrogens is 482 g/mol. The molecule has 10 nitrogen and oxygen atoms in total. The average molecular weight is 518 g/mol. The van der Waals surface area contributed by atoms with E-state index in [4.69, 9.17) is 33.2 Å². The lowest BCUT2D eigenvalue weighted by Gasteiger charge is -2.38. The van der Waals surface area contributed by atoms with Crippen LogP contribution in [-0.2, 0) is 28.5 Å². The number of carbonyl (C=O) groups is 1. The summed E-state index contributed by atoms with van der Waals surface area (Å²) in [6.07, 6.45) is 2.97. The summed E-state index contributed by atoms with van der Waals surface area (Å²) in [5.41, 5.74) is 0.790. The minimum atomic E-state index is -0.750. The first-order chi connectivity index (χ1) is 18.1. The van der Waals surface area contributed by atoms with Crippen molar-refractivity contribution in [2.75, 3.05) is 65.9 Å². The van der Waals surface area contributed by atoms with Gasteiger partial charge in [-0.05, 0) is 31.6 Å². The highest BCUT2D eigenvalue weighted by Crippen LogP contribution is 2.38. The van der Waals surface area contributed by atoms with Crippen LogP contribution in [0.5, 0.6) is 0 Å². The number of rotatable bonds is 12. The molecule has 3 atom stereocenters. The SMILES string of the molecule is CCO[C@@H]1OC(C(=O)N2CCOCC2)=C[C@H](c2coc3ccccc3c2=O)[C@@H]1CCOCCOCCO. The van der Waals surface area contributed by atoms with Crippen molar-refractivity contribution in [2.24, 2.45) is 5.92 Å². The average Bonchev–Trinajstić information content (AvgIpc) is 2.93. The molecule has 0 radical (unpaired) electrons. The molecule has 202 valence electrons. The van der Waals surface area contributed by atoms with Crippen LogP contribution in [0.3, 0.4) is 0 Å². The summed E-state index contributed by atoms with van der Waals surface area (Å²) in [7, 11) is 0. The highest BCUT2D eigenvalue weighted by atomic mass is 16.7. The maximum absolute atomic E-state index is 13.5. The number of benzene rings is 1. The molecule has 1 aromatic carbocycles. The van der Waals surface area contributed by atoms with Gasteiger partial charge in [0.25, 0.3) is 5.91 Å². The van der Waals surface area contributed by atoms with E-state index in [9.17, 15) is 9.59 Å². The molecule has 2 aromatic rings. The topological polar surface area (TPSA) is 117 Å². The van der Waals surface area contributed by atoms with Crippen molar-refractivity contribution >= 4 is 16.9 Å². The zero-order chi connectivity index (χ0) is 26.0. The number of ether oxygens (including phenoxy) is 5. The Balaban J connectivity index is 1.63. The number of aliphatic hydroxyl groups is 1. The van der Waals surface area contributed by atoms with Crippen molar-refractivity contribution in [2.45, 2.75) is 25.6 Å². The summed E-state index contributed by atoms with van der Waals surface area (Å²) in [6, 6.07) is 7.09. The number of carbonyl (C=O) groups excluding carboxylic acids is 1. The van der Waals surface area contributed by atoms with Crippen molar-refractivity contribution in [1.82, 2.24) is 4.90 Å². The number of amides is 1. The lowest BCUT2D eigenvalue weighted by atomic mass is 9.81. The second kappa shape index (κ2) is 13.7. The number of nitrogens with zero attached hydrogens (tertiary/aromatic N) is 1. The molecule has 1 fully saturated rings. The van der Waals surface area contributed by atoms with Crippen molar-refractivity contribution in [3.8, 4) is 0 Å². The van der Waals surface area contributed by atoms with Gasteiger partial charge in [-0.15, -0.1) is 0 Å². The van der Waals surface area contributed by atoms with Crippen LogP contribution < -0.4 is 5.43 Å². The highest BCUT2D eigenvalue weighted by molar-refractivity contribution is 5.92. The summed E-state index contributed by atoms with van der Waals surface area (Å²) in [5.74, 6) is -0.879. The Hall–Kier alpha value is -2.76. The first-order valence-electron chi connectivity index (χ1n) is 12.8. The number of morpholine rings is 1. The predicted molar refractivity (Wildman–Crippen MR) is 134 cm³/mol. The molecule has 0 saturated carbocycles. The monoisotopic (exact) mass is 517 g/mol. The molecule has 0 unspecified atom stereocenters. The number of hydrogen-bond donors (Lipinski definition) is 1. The number of para-hydroxylation sites is 1. The minimum Gasteiger partial charge on any atom is -0.464 e. The summed E-state index contributed by atoms with van der Waals surface area (Å²) in [5, 5.41) is 9.30. The zero-order valence-electron chi connectivity index (χ0n) is 21.1. The molecule has 10 heteroatoms. The van der Waals surface area contributed by atoms with Crippen LogP contribution >= 0.6 is 0 Å². The fourth-order valence-corrected chi connectivity index (χ4v) is 4.64. The summed E-state index contributed by atoms with van der Waals surface area (Å²) < 4.78 is 34.2. The molecule has 1 amide bonds. The van der Waals surface area contributed by atoms with Crippen molar-refractivity contribution < 1.29 is 38.0 Å². The van der Waals surface area contributed by atoms with Gasteiger partial charge in [-0.3, -0.25) is 9.59 Å². The van der Waals surface area contributed by atoms with E-state index in [-0.39, 0.29) is 36.2 Å². The molecular formula is C27H35NO9. The summed E-state index contributed by atoms with van der Waals surface area (Å²) in [4.78, 5) is 28.6. The molecule has 3 heterocycles. The van der Waals surface area contributed by atoms with Crippen LogP contribution in [0, 0.1) is 5.92 Å². The maximum Gasteiger partial charge on any atom is 0.288 e. The molecule has 0 bridgehead atoms. The Bertz CT molecular complexity index is 1110. The number of hydrogen-bond acceptors (Lipinski definition) is 9. The van der Waals surface area contributed by atoms with Gasteiger partial charge in [0, 0.05) is 43.7 Å². The first-order valence-corrected chi connectivity index (χ1v) is 12.8. The van der Waals surface area contributed by atoms with Gasteiger partial charge >= 0.3 is 0 Å². The number of fused-ring (bicyclic) bond motifs is 1. The zero-order valence-corrected chi connectivity index (χ0v) is 21.1. The first kappa shape index (κ1) is 27.3. The third-order valence-corrected chi connectivity index (χ3v) is 6.49. The van der Waals surface area contributed by atoms with E-state index >= 15 is 0 Å². The third-order valence-electron chi connectivity index (χ3n) is 6.49. The Morgan fingerprint density at radius 2 is 1.86 bits per heavy atom. The van der Waals surface area contributed by atoms with Crippen LogP contribution in [-0.4, -0.2) is 88.1 Å². The largest absolute Gasteiger partial charge is 0.464 e. The Morgan fingerprint density at radius 3 is 2.62 bits per heavy atom. The quantitative estimate of drug-likeness (QED) is 0.422. The number of allylic oxidation sites excluding steroid dienone is 1. The lowest BCUT2D eigenvalue weighted by Crippen LogP contribution is -2.45. The predicted octanol–water partition coefficient (Wildman–Crippen LogP) is 2.04. The standard InChI is InChI=1S/C27H35NO9/c1-2-35-27-19(7-11-32-15-16-34-14-10-29)21(17-24(37-27)26(31)28-8-12-33-13-9-28)22-18-36-23-6-4-3-5-20(23)25(22)30/h3-6,17-19,21,27,29H,2,7-16H2,1H3/t19-,21-,27+/m0/s1. The van der Waals surface area contributed by atoms with E-state index in [1.165, 1.54) is 6.26 Å². The molecule has 0 spiro atoms. The molecule has 1 N–H and O–H groups in total. The van der Waals surface area contributed by atoms with Gasteiger partial charge < -0.3 is 38.1 Å². The summed E-state index contributed by atoms with van der Waals surface area (Å²) >= 11 is 0. The Morgan fingerprint density at radius 1 is 1.11 bits per heavy atom. The minimum absolute atomic E-state index is 0.0384. The molecule has 2 aliphatic rings. The van der Waals surface area contributed by atoms with Crippen molar-refractivity contribution in [3.63, 3.8) is 0 Å². The van der Waals surface area contributed by atoms with E-state index in [2.05, 4.69) is 0 Å². The molecule has 0 aliphatic carbocycles. The van der Waals surface area contributed by atoms with Gasteiger partial charge in [-0.2, -0.15) is 0 Å². The second-order valence-corrected chi connectivity index (χ2v) is 8.82. The van der Waals surface area contributed by atoms with E-state index in [0.29, 0.717) is 75.7 Å². The molecule has 1 aromatic heterocycles. The van der Waals surface area contributed by atoms with E-state index < -0.39 is 12.2 Å². The Kier molecular flexibility index (Phi) is 10.1. The van der Waals surface area contributed by atoms with Crippen molar-refractivity contribution in [3.05, 3.63) is 58.2 Å². The Labute approximate surface area is 215 Å². The second-order valence-electron chi connectivity index (χ2n) is 8.82. The third kappa shape index (κ3) is 6.77. The molecule has 1 saturated heterocycles. The lowest BCUT2D eigenvalue weighted by molar-refractivity contribution is -0.173. The van der Waals surface area contributed by atoms with Crippen LogP contribution in [0.15, 0.2) is 51.6 Å². The van der Waals surface area contributed by atoms with E-state index in [1.807, 2.05) is 13.0 Å². The fourth-order valence-electron chi connectivity index (χ4n) is 4.64. The number of aliphatic hydroxyl groups excluding tert-OH is 1. The van der Waals surface area contributed by atoms with Gasteiger partial charge in [0.2, 0.25) is 6.29 Å². The van der Waals surface area contributed by atoms with Crippen LogP contribution in [0.1, 0.15) is 24.8 Å². The van der Waals surface area contributed by atoms with E-state index in [1.54, 1.807) is 29.2 Å². The normalized spacial score (nSPS) is 22.1. The molecule has 37 heavy (non-hydrogen) atoms. The maximum atomic E-state index is 13.5. The molecule has 2 aliphatic heterocycles. The van der Waals surface area contributed by atoms with Gasteiger partial charge in [-0.25, -0.2) is 0 Å². The van der Waals surface area contributed by atoms with E-state index in [0.717, 1.165) is 0 Å². The highest BCUT2D eigenvalue weighted by Gasteiger charge is 2.40. The van der Waals surface area contributed by atoms with Crippen LogP contribution in [0.4, 0.5) is 0 Å². The van der Waals surface area contributed by atoms with Gasteiger partial charge in [-0.1, -0.05) is 12.1 Å². The fraction of sp³-hybridized carbons (Fsp3) is 0.556. The van der Waals surface area contributed by atoms with Crippen LogP contribution in [0.25, 0.3) is 11.0 Å². The summed E-state index contributed by atoms with van der Waals surface area (Å²) in [6.45, 7) is 5.43. The van der Waals surface area contributed by atoms with Gasteiger partial charge in [0.15, 0.2) is 11.2 Å².